The molecule has 0 aliphatic heterocycles. The standard InChI is InChI=1S/C26H34ClN3O4S/c1-4-21-9-5-8-12-24(21)30(35(3,33)34)18-25(31)29(17-20-13-15-22(27)16-14-20)19(2)26(32)28-23-10-6-7-11-23/h5,8-9,12-16,19,23H,4,6-7,10-11,17-18H2,1-3H3,(H,28,32)/t19-/m1/s1. The SMILES string of the molecule is CCc1ccccc1N(CC(=O)N(Cc1ccc(Cl)cc1)[C@H](C)C(=O)NC1CCCC1)S(C)(=O)=O. The molecule has 9 heteroatoms. The summed E-state index contributed by atoms with van der Waals surface area (Å²) in [5, 5.41) is 3.62. The topological polar surface area (TPSA) is 86.8 Å². The van der Waals surface area contributed by atoms with Gasteiger partial charge in [0.25, 0.3) is 0 Å². The maximum atomic E-state index is 13.6. The van der Waals surface area contributed by atoms with Gasteiger partial charge in [0.15, 0.2) is 0 Å². The van der Waals surface area contributed by atoms with Gasteiger partial charge >= 0.3 is 0 Å². The third kappa shape index (κ3) is 7.21. The predicted molar refractivity (Wildman–Crippen MR) is 140 cm³/mol. The van der Waals surface area contributed by atoms with Crippen LogP contribution in [0.3, 0.4) is 0 Å². The summed E-state index contributed by atoms with van der Waals surface area (Å²) in [5.74, 6) is -0.690. The molecule has 0 spiro atoms. The Kier molecular flexibility index (Phi) is 9.19. The van der Waals surface area contributed by atoms with Gasteiger partial charge in [-0.2, -0.15) is 0 Å². The number of benzene rings is 2. The van der Waals surface area contributed by atoms with Crippen molar-refractivity contribution in [1.82, 2.24) is 10.2 Å². The lowest BCUT2D eigenvalue weighted by atomic mass is 10.1. The van der Waals surface area contributed by atoms with Crippen molar-refractivity contribution >= 4 is 39.1 Å². The normalized spacial score (nSPS) is 15.0. The molecule has 0 unspecified atom stereocenters. The fraction of sp³-hybridized carbons (Fsp3) is 0.462. The lowest BCUT2D eigenvalue weighted by Crippen LogP contribution is -2.52. The number of para-hydroxylation sites is 1. The summed E-state index contributed by atoms with van der Waals surface area (Å²) < 4.78 is 26.6. The summed E-state index contributed by atoms with van der Waals surface area (Å²) in [7, 11) is -3.75. The van der Waals surface area contributed by atoms with E-state index in [0.29, 0.717) is 17.1 Å². The molecule has 3 rings (SSSR count). The fourth-order valence-electron chi connectivity index (χ4n) is 4.41. The Labute approximate surface area is 213 Å². The van der Waals surface area contributed by atoms with Gasteiger partial charge in [0.1, 0.15) is 12.6 Å². The molecule has 0 radical (unpaired) electrons. The van der Waals surface area contributed by atoms with E-state index in [1.54, 1.807) is 43.3 Å². The molecule has 1 aliphatic rings. The molecular formula is C26H34ClN3O4S. The Balaban J connectivity index is 1.89. The Hall–Kier alpha value is -2.58. The van der Waals surface area contributed by atoms with Gasteiger partial charge in [-0.25, -0.2) is 8.42 Å². The van der Waals surface area contributed by atoms with Crippen molar-refractivity contribution in [2.24, 2.45) is 0 Å². The van der Waals surface area contributed by atoms with Gasteiger partial charge in [-0.05, 0) is 55.5 Å². The number of amides is 2. The number of nitrogens with zero attached hydrogens (tertiary/aromatic N) is 2. The average molecular weight is 520 g/mol. The first-order valence-electron chi connectivity index (χ1n) is 12.0. The summed E-state index contributed by atoms with van der Waals surface area (Å²) in [5.41, 5.74) is 2.09. The number of halogens is 1. The lowest BCUT2D eigenvalue weighted by molar-refractivity contribution is -0.139. The summed E-state index contributed by atoms with van der Waals surface area (Å²) in [6, 6.07) is 13.5. The van der Waals surface area contributed by atoms with Crippen LogP contribution in [0.25, 0.3) is 0 Å². The van der Waals surface area contributed by atoms with E-state index in [4.69, 9.17) is 11.6 Å². The highest BCUT2D eigenvalue weighted by atomic mass is 35.5. The van der Waals surface area contributed by atoms with Gasteiger partial charge in [0.2, 0.25) is 21.8 Å². The molecule has 2 aromatic carbocycles. The van der Waals surface area contributed by atoms with Crippen LogP contribution in [0.2, 0.25) is 5.02 Å². The number of aryl methyl sites for hydroxylation is 1. The second kappa shape index (κ2) is 11.9. The number of carbonyl (C=O) groups excluding carboxylic acids is 2. The molecule has 1 aliphatic carbocycles. The fourth-order valence-corrected chi connectivity index (χ4v) is 5.42. The van der Waals surface area contributed by atoms with E-state index in [1.807, 2.05) is 19.1 Å². The average Bonchev–Trinajstić information content (AvgIpc) is 3.34. The smallest absolute Gasteiger partial charge is 0.244 e. The van der Waals surface area contributed by atoms with Crippen LogP contribution in [0, 0.1) is 0 Å². The van der Waals surface area contributed by atoms with Crippen LogP contribution in [-0.2, 0) is 32.6 Å². The van der Waals surface area contributed by atoms with Crippen molar-refractivity contribution in [3.63, 3.8) is 0 Å². The first-order valence-corrected chi connectivity index (χ1v) is 14.2. The highest BCUT2D eigenvalue weighted by molar-refractivity contribution is 7.92. The van der Waals surface area contributed by atoms with Gasteiger partial charge in [0.05, 0.1) is 11.9 Å². The molecule has 0 aromatic heterocycles. The molecule has 0 bridgehead atoms. The minimum absolute atomic E-state index is 0.112. The Bertz CT molecular complexity index is 1130. The zero-order valence-electron chi connectivity index (χ0n) is 20.5. The van der Waals surface area contributed by atoms with Crippen LogP contribution in [-0.4, -0.2) is 50.0 Å². The van der Waals surface area contributed by atoms with E-state index in [0.717, 1.165) is 47.4 Å². The molecule has 7 nitrogen and oxygen atoms in total. The van der Waals surface area contributed by atoms with Crippen LogP contribution in [0.15, 0.2) is 48.5 Å². The van der Waals surface area contributed by atoms with Gasteiger partial charge < -0.3 is 10.2 Å². The highest BCUT2D eigenvalue weighted by Gasteiger charge is 2.31. The van der Waals surface area contributed by atoms with E-state index in [-0.39, 0.29) is 18.5 Å². The van der Waals surface area contributed by atoms with E-state index < -0.39 is 28.5 Å². The quantitative estimate of drug-likeness (QED) is 0.511. The van der Waals surface area contributed by atoms with E-state index in [1.165, 1.54) is 4.90 Å². The van der Waals surface area contributed by atoms with Gasteiger partial charge in [-0.15, -0.1) is 0 Å². The maximum Gasteiger partial charge on any atom is 0.244 e. The van der Waals surface area contributed by atoms with E-state index >= 15 is 0 Å². The highest BCUT2D eigenvalue weighted by Crippen LogP contribution is 2.24. The largest absolute Gasteiger partial charge is 0.352 e. The monoisotopic (exact) mass is 519 g/mol. The zero-order valence-corrected chi connectivity index (χ0v) is 22.1. The number of sulfonamides is 1. The maximum absolute atomic E-state index is 13.6. The van der Waals surface area contributed by atoms with Crippen molar-refractivity contribution in [3.8, 4) is 0 Å². The third-order valence-electron chi connectivity index (χ3n) is 6.46. The number of hydrogen-bond acceptors (Lipinski definition) is 4. The van der Waals surface area contributed by atoms with Gasteiger partial charge in [-0.3, -0.25) is 13.9 Å². The second-order valence-electron chi connectivity index (χ2n) is 9.07. The minimum Gasteiger partial charge on any atom is -0.352 e. The summed E-state index contributed by atoms with van der Waals surface area (Å²) in [6.45, 7) is 3.37. The molecule has 2 amide bonds. The van der Waals surface area contributed by atoms with Crippen molar-refractivity contribution in [3.05, 3.63) is 64.7 Å². The Morgan fingerprint density at radius 1 is 1.09 bits per heavy atom. The number of nitrogens with one attached hydrogen (secondary N) is 1. The van der Waals surface area contributed by atoms with E-state index in [2.05, 4.69) is 5.32 Å². The summed E-state index contributed by atoms with van der Waals surface area (Å²) in [6.07, 6.45) is 5.72. The van der Waals surface area contributed by atoms with Crippen LogP contribution in [0.1, 0.15) is 50.7 Å². The van der Waals surface area contributed by atoms with Crippen molar-refractivity contribution in [2.75, 3.05) is 17.1 Å². The number of hydrogen-bond donors (Lipinski definition) is 1. The summed E-state index contributed by atoms with van der Waals surface area (Å²) >= 11 is 6.02. The molecule has 0 heterocycles. The van der Waals surface area contributed by atoms with Crippen molar-refractivity contribution < 1.29 is 18.0 Å². The minimum atomic E-state index is -3.75. The molecule has 2 aromatic rings. The third-order valence-corrected chi connectivity index (χ3v) is 7.83. The second-order valence-corrected chi connectivity index (χ2v) is 11.4. The van der Waals surface area contributed by atoms with Crippen LogP contribution in [0.5, 0.6) is 0 Å². The number of rotatable bonds is 10. The molecule has 1 N–H and O–H groups in total. The molecule has 0 saturated heterocycles. The Morgan fingerprint density at radius 3 is 2.31 bits per heavy atom. The lowest BCUT2D eigenvalue weighted by Gasteiger charge is -2.32. The number of anilines is 1. The van der Waals surface area contributed by atoms with Gasteiger partial charge in [-0.1, -0.05) is 61.7 Å². The van der Waals surface area contributed by atoms with Gasteiger partial charge in [0, 0.05) is 17.6 Å². The molecular weight excluding hydrogens is 486 g/mol. The van der Waals surface area contributed by atoms with Crippen molar-refractivity contribution in [2.45, 2.75) is 64.6 Å². The molecule has 1 saturated carbocycles. The Morgan fingerprint density at radius 2 is 1.71 bits per heavy atom. The van der Waals surface area contributed by atoms with Crippen LogP contribution in [0.4, 0.5) is 5.69 Å². The first-order chi connectivity index (χ1) is 16.6. The predicted octanol–water partition coefficient (Wildman–Crippen LogP) is 4.14. The molecule has 35 heavy (non-hydrogen) atoms. The first kappa shape index (κ1) is 27.0. The molecule has 1 fully saturated rings. The van der Waals surface area contributed by atoms with Crippen LogP contribution >= 0.6 is 11.6 Å². The van der Waals surface area contributed by atoms with Crippen LogP contribution < -0.4 is 9.62 Å². The number of carbonyl (C=O) groups is 2. The van der Waals surface area contributed by atoms with E-state index in [9.17, 15) is 18.0 Å². The molecule has 1 atom stereocenters. The molecule has 190 valence electrons. The zero-order chi connectivity index (χ0) is 25.6. The summed E-state index contributed by atoms with van der Waals surface area (Å²) in [4.78, 5) is 28.2. The van der Waals surface area contributed by atoms with Crippen molar-refractivity contribution in [1.29, 1.82) is 0 Å².